The normalized spacial score (nSPS) is 14.7. The van der Waals surface area contributed by atoms with Crippen LogP contribution in [0.1, 0.15) is 16.7 Å². The Hall–Kier alpha value is -4.12. The molecule has 0 spiro atoms. The third kappa shape index (κ3) is 4.48. The molecule has 6 rings (SSSR count). The molecule has 1 aromatic carbocycles. The molecule has 1 aliphatic heterocycles. The average Bonchev–Trinajstić information content (AvgIpc) is 3.64. The minimum atomic E-state index is -4.39. The molecule has 0 fully saturated rings. The summed E-state index contributed by atoms with van der Waals surface area (Å²) in [6, 6.07) is 8.41. The number of rotatable bonds is 8. The van der Waals surface area contributed by atoms with E-state index in [1.54, 1.807) is 30.3 Å². The second-order valence-electron chi connectivity index (χ2n) is 9.23. The third-order valence-electron chi connectivity index (χ3n) is 6.63. The van der Waals surface area contributed by atoms with Crippen LogP contribution in [0.4, 0.5) is 5.00 Å². The maximum Gasteiger partial charge on any atom is 0.287 e. The molecule has 0 saturated heterocycles. The molecule has 1 aliphatic rings. The van der Waals surface area contributed by atoms with Gasteiger partial charge in [-0.05, 0) is 29.6 Å². The van der Waals surface area contributed by atoms with Crippen LogP contribution in [-0.2, 0) is 33.1 Å². The van der Waals surface area contributed by atoms with E-state index in [1.807, 2.05) is 0 Å². The van der Waals surface area contributed by atoms with E-state index in [4.69, 9.17) is 13.9 Å². The molecule has 2 bridgehead atoms. The van der Waals surface area contributed by atoms with Gasteiger partial charge in [0.05, 0.1) is 32.4 Å². The van der Waals surface area contributed by atoms with Crippen LogP contribution in [0.15, 0.2) is 54.2 Å². The smallest absolute Gasteiger partial charge is 0.287 e. The summed E-state index contributed by atoms with van der Waals surface area (Å²) in [7, 11) is -4.98. The highest BCUT2D eigenvalue weighted by Gasteiger charge is 2.34. The Morgan fingerprint density at radius 1 is 1.15 bits per heavy atom. The minimum Gasteiger partial charge on any atom is -0.506 e. The summed E-state index contributed by atoms with van der Waals surface area (Å²) in [5, 5.41) is 16.0. The number of aromatic nitrogens is 1. The maximum atomic E-state index is 14.0. The number of hydrogen-bond donors (Lipinski definition) is 3. The fourth-order valence-electron chi connectivity index (χ4n) is 4.80. The zero-order chi connectivity index (χ0) is 29.3. The van der Waals surface area contributed by atoms with Gasteiger partial charge >= 0.3 is 0 Å². The first kappa shape index (κ1) is 27.1. The monoisotopic (exact) mass is 618 g/mol. The standard InChI is InChI=1S/C25H22N4O9S3/c1-36-14-5-4-12(17(8-14)37-2)10-29-20-16-7-6-15(38-16)18(20)21(30)19(25(29)31)23-27-24-22(41(34,35)28-23)13(11-39-24)9-26-40(3,32)33/h4-8,11,26,30H,9-10H2,1-3H3,(H,27,28). The van der Waals surface area contributed by atoms with Crippen LogP contribution in [0.2, 0.25) is 0 Å². The molecule has 4 aromatic heterocycles. The van der Waals surface area contributed by atoms with Gasteiger partial charge in [-0.25, -0.2) is 13.1 Å². The van der Waals surface area contributed by atoms with Crippen molar-refractivity contribution in [3.63, 3.8) is 0 Å². The highest BCUT2D eigenvalue weighted by molar-refractivity contribution is 7.91. The molecular weight excluding hydrogens is 596 g/mol. The molecular formula is C25H22N4O9S3. The first-order chi connectivity index (χ1) is 19.4. The van der Waals surface area contributed by atoms with Crippen LogP contribution in [0.5, 0.6) is 17.2 Å². The van der Waals surface area contributed by atoms with Gasteiger partial charge in [-0.15, -0.1) is 15.7 Å². The molecule has 0 amide bonds. The molecule has 5 aromatic rings. The van der Waals surface area contributed by atoms with E-state index in [0.717, 1.165) is 17.6 Å². The number of thiophene rings is 1. The predicted octanol–water partition coefficient (Wildman–Crippen LogP) is 2.63. The fourth-order valence-corrected chi connectivity index (χ4v) is 7.83. The summed E-state index contributed by atoms with van der Waals surface area (Å²) in [5.41, 5.74) is 0.698. The van der Waals surface area contributed by atoms with Crippen molar-refractivity contribution < 1.29 is 35.8 Å². The lowest BCUT2D eigenvalue weighted by Crippen LogP contribution is -2.33. The number of nitrogens with zero attached hydrogens (tertiary/aromatic N) is 2. The maximum absolute atomic E-state index is 14.0. The highest BCUT2D eigenvalue weighted by atomic mass is 32.2. The Morgan fingerprint density at radius 3 is 2.61 bits per heavy atom. The molecule has 41 heavy (non-hydrogen) atoms. The first-order valence-corrected chi connectivity index (χ1v) is 16.1. The van der Waals surface area contributed by atoms with Crippen molar-refractivity contribution in [3.8, 4) is 17.2 Å². The lowest BCUT2D eigenvalue weighted by Gasteiger charge is -2.19. The number of nitrogens with one attached hydrogen (secondary N) is 2. The van der Waals surface area contributed by atoms with Gasteiger partial charge < -0.3 is 24.3 Å². The molecule has 0 saturated carbocycles. The van der Waals surface area contributed by atoms with Crippen LogP contribution in [0.25, 0.3) is 22.1 Å². The summed E-state index contributed by atoms with van der Waals surface area (Å²) >= 11 is 0.998. The van der Waals surface area contributed by atoms with Crippen molar-refractivity contribution in [3.05, 3.63) is 62.8 Å². The van der Waals surface area contributed by atoms with Gasteiger partial charge in [0.1, 0.15) is 43.8 Å². The molecule has 214 valence electrons. The lowest BCUT2D eigenvalue weighted by atomic mass is 10.1. The quantitative estimate of drug-likeness (QED) is 0.234. The molecule has 0 unspecified atom stereocenters. The topological polar surface area (TPSA) is 179 Å². The van der Waals surface area contributed by atoms with Gasteiger partial charge in [0.15, 0.2) is 11.4 Å². The number of fused-ring (bicyclic) bond motifs is 6. The second-order valence-corrected chi connectivity index (χ2v) is 13.5. The highest BCUT2D eigenvalue weighted by Crippen LogP contribution is 2.41. The van der Waals surface area contributed by atoms with Gasteiger partial charge in [0, 0.05) is 23.7 Å². The Bertz CT molecular complexity index is 2160. The first-order valence-electron chi connectivity index (χ1n) is 11.9. The van der Waals surface area contributed by atoms with Gasteiger partial charge in [-0.1, -0.05) is 0 Å². The van der Waals surface area contributed by atoms with Crippen molar-refractivity contribution in [2.24, 2.45) is 4.40 Å². The summed E-state index contributed by atoms with van der Waals surface area (Å²) < 4.78 is 73.7. The fraction of sp³-hybridized carbons (Fsp3) is 0.200. The number of furan rings is 2. The Labute approximate surface area is 237 Å². The van der Waals surface area contributed by atoms with Crippen LogP contribution in [0, 0.1) is 0 Å². The number of aromatic hydroxyl groups is 1. The van der Waals surface area contributed by atoms with Crippen LogP contribution in [-0.4, -0.2) is 52.8 Å². The lowest BCUT2D eigenvalue weighted by molar-refractivity contribution is 0.390. The molecule has 0 radical (unpaired) electrons. The summed E-state index contributed by atoms with van der Waals surface area (Å²) in [6.45, 7) is -0.279. The Morgan fingerprint density at radius 2 is 1.90 bits per heavy atom. The molecule has 3 N–H and O–H groups in total. The van der Waals surface area contributed by atoms with Crippen LogP contribution in [0.3, 0.4) is 0 Å². The van der Waals surface area contributed by atoms with E-state index in [9.17, 15) is 26.7 Å². The minimum absolute atomic E-state index is 0.0127. The van der Waals surface area contributed by atoms with Crippen molar-refractivity contribution in [2.75, 3.05) is 25.8 Å². The molecule has 0 aliphatic carbocycles. The number of pyridine rings is 1. The van der Waals surface area contributed by atoms with Crippen molar-refractivity contribution in [1.82, 2.24) is 9.29 Å². The third-order valence-corrected chi connectivity index (χ3v) is 9.78. The van der Waals surface area contributed by atoms with E-state index in [2.05, 4.69) is 14.4 Å². The molecule has 5 heterocycles. The van der Waals surface area contributed by atoms with E-state index in [1.165, 1.54) is 24.2 Å². The number of hydrogen-bond acceptors (Lipinski definition) is 11. The van der Waals surface area contributed by atoms with E-state index < -0.39 is 31.4 Å². The largest absolute Gasteiger partial charge is 0.506 e. The Balaban J connectivity index is 1.52. The van der Waals surface area contributed by atoms with Gasteiger partial charge in [0.2, 0.25) is 10.0 Å². The summed E-state index contributed by atoms with van der Waals surface area (Å²) in [6.07, 6.45) is 0.958. The number of benzene rings is 2. The summed E-state index contributed by atoms with van der Waals surface area (Å²) in [4.78, 5) is 13.8. The summed E-state index contributed by atoms with van der Waals surface area (Å²) in [5.74, 6) is 0.137. The van der Waals surface area contributed by atoms with Gasteiger partial charge in [0.25, 0.3) is 15.6 Å². The van der Waals surface area contributed by atoms with Crippen LogP contribution >= 0.6 is 11.3 Å². The number of sulfonamides is 2. The van der Waals surface area contributed by atoms with E-state index in [-0.39, 0.29) is 45.3 Å². The average molecular weight is 619 g/mol. The molecule has 13 nitrogen and oxygen atoms in total. The zero-order valence-electron chi connectivity index (χ0n) is 21.7. The van der Waals surface area contributed by atoms with E-state index >= 15 is 0 Å². The SMILES string of the molecule is COc1ccc(Cn2c(=O)c(C3=NS(=O)(=O)c4c(CNS(C)(=O)=O)csc4N3)c(O)c3c4ccc(o4)c32)c(OC)c1. The van der Waals surface area contributed by atoms with Crippen molar-refractivity contribution in [2.45, 2.75) is 18.0 Å². The number of anilines is 1. The predicted molar refractivity (Wildman–Crippen MR) is 153 cm³/mol. The van der Waals surface area contributed by atoms with Gasteiger partial charge in [-0.2, -0.15) is 8.42 Å². The number of ether oxygens (including phenoxy) is 2. The Kier molecular flexibility index (Phi) is 6.25. The van der Waals surface area contributed by atoms with Gasteiger partial charge in [-0.3, -0.25) is 9.36 Å². The van der Waals surface area contributed by atoms with Crippen LogP contribution < -0.4 is 25.1 Å². The van der Waals surface area contributed by atoms with Crippen molar-refractivity contribution >= 4 is 64.3 Å². The molecule has 0 atom stereocenters. The number of amidine groups is 1. The molecule has 16 heteroatoms. The van der Waals surface area contributed by atoms with Crippen molar-refractivity contribution in [1.29, 1.82) is 0 Å². The second kappa shape index (κ2) is 9.47. The zero-order valence-corrected chi connectivity index (χ0v) is 24.2. The van der Waals surface area contributed by atoms with E-state index in [0.29, 0.717) is 33.7 Å². The number of methoxy groups -OCH3 is 2.